The van der Waals surface area contributed by atoms with Crippen LogP contribution in [0.1, 0.15) is 106 Å². The van der Waals surface area contributed by atoms with Gasteiger partial charge in [0, 0.05) is 124 Å². The number of benzene rings is 5. The van der Waals surface area contributed by atoms with E-state index in [2.05, 4.69) is 33.5 Å². The van der Waals surface area contributed by atoms with E-state index in [1.54, 1.807) is 63.2 Å². The average Bonchev–Trinajstić information content (AvgIpc) is 2.00. The highest BCUT2D eigenvalue weighted by Crippen LogP contribution is 2.34. The van der Waals surface area contributed by atoms with Crippen LogP contribution in [0.2, 0.25) is 10.0 Å². The molecule has 468 valence electrons. The number of carbonyl (C=O) groups is 6. The highest BCUT2D eigenvalue weighted by Gasteiger charge is 2.37. The minimum Gasteiger partial charge on any atom is -0.404 e. The van der Waals surface area contributed by atoms with Crippen molar-refractivity contribution in [3.63, 3.8) is 0 Å². The second kappa shape index (κ2) is 27.7. The molecule has 0 saturated carbocycles. The molecular weight excluding hydrogens is 1200 g/mol. The number of hydrogen-bond donors (Lipinski definition) is 3. The van der Waals surface area contributed by atoms with E-state index in [1.165, 1.54) is 41.3 Å². The number of nitrogens with zero attached hydrogens (tertiary/aromatic N) is 9. The van der Waals surface area contributed by atoms with E-state index in [9.17, 15) is 57.8 Å². The summed E-state index contributed by atoms with van der Waals surface area (Å²) in [4.78, 5) is 117. The van der Waals surface area contributed by atoms with E-state index in [1.807, 2.05) is 18.7 Å². The van der Waals surface area contributed by atoms with Gasteiger partial charge < -0.3 is 35.3 Å². The Morgan fingerprint density at radius 3 is 1.52 bits per heavy atom. The molecule has 7 aromatic rings. The second-order valence-electron chi connectivity index (χ2n) is 22.7. The molecule has 11 rings (SSSR count). The Hall–Kier alpha value is -8.88. The van der Waals surface area contributed by atoms with Gasteiger partial charge in [-0.2, -0.15) is 5.90 Å². The van der Waals surface area contributed by atoms with Crippen LogP contribution in [0.5, 0.6) is 5.75 Å². The summed E-state index contributed by atoms with van der Waals surface area (Å²) in [5.74, 6) is 7.34. The highest BCUT2D eigenvalue weighted by molar-refractivity contribution is 6.46. The Bertz CT molecular complexity index is 3870. The summed E-state index contributed by atoms with van der Waals surface area (Å²) in [7, 11) is 0. The number of nitrogens with one attached hydrogen (secondary N) is 1. The maximum absolute atomic E-state index is 13.7. The number of nitrogens with two attached hydrogens (primary N) is 2. The lowest BCUT2D eigenvalue weighted by Gasteiger charge is -2.44. The topological polar surface area (TPSA) is 290 Å². The normalized spacial score (nSPS) is 18.7. The number of H-pyrrole nitrogens is 1. The molecule has 0 unspecified atom stereocenters. The first-order valence-corrected chi connectivity index (χ1v) is 29.6. The van der Waals surface area contributed by atoms with Gasteiger partial charge in [0.2, 0.25) is 5.75 Å². The van der Waals surface area contributed by atoms with Crippen LogP contribution in [0, 0.1) is 31.9 Å². The first-order chi connectivity index (χ1) is 42.4. The molecule has 4 aliphatic rings. The number of fused-ring (bicyclic) bond motifs is 2. The van der Waals surface area contributed by atoms with E-state index in [0.29, 0.717) is 92.8 Å². The second-order valence-corrected chi connectivity index (χ2v) is 23.6. The summed E-state index contributed by atoms with van der Waals surface area (Å²) >= 11 is 13.1. The van der Waals surface area contributed by atoms with Gasteiger partial charge in [-0.3, -0.25) is 63.5 Å². The molecule has 4 aliphatic heterocycles. The van der Waals surface area contributed by atoms with Crippen molar-refractivity contribution in [1.82, 2.24) is 39.1 Å². The van der Waals surface area contributed by atoms with E-state index < -0.39 is 44.6 Å². The van der Waals surface area contributed by atoms with Crippen LogP contribution >= 0.6 is 23.2 Å². The number of rotatable bonds is 13. The molecule has 0 radical (unpaired) electrons. The fourth-order valence-electron chi connectivity index (χ4n) is 11.7. The van der Waals surface area contributed by atoms with Crippen LogP contribution in [0.4, 0.5) is 20.2 Å². The lowest BCUT2D eigenvalue weighted by Crippen LogP contribution is -2.57. The maximum Gasteiger partial charge on any atom is 0.320 e. The molecule has 6 heterocycles. The zero-order valence-electron chi connectivity index (χ0n) is 49.2. The number of ketones is 2. The van der Waals surface area contributed by atoms with Crippen molar-refractivity contribution in [2.45, 2.75) is 90.6 Å². The van der Waals surface area contributed by atoms with Gasteiger partial charge in [0.05, 0.1) is 53.7 Å². The van der Waals surface area contributed by atoms with Crippen molar-refractivity contribution in [2.75, 3.05) is 58.2 Å². The number of hydrogen-bond acceptors (Lipinski definition) is 15. The van der Waals surface area contributed by atoms with Gasteiger partial charge in [0.15, 0.2) is 0 Å². The van der Waals surface area contributed by atoms with Crippen LogP contribution in [0.15, 0.2) is 103 Å². The summed E-state index contributed by atoms with van der Waals surface area (Å²) < 4.78 is 27.9. The zero-order chi connectivity index (χ0) is 64.1. The molecule has 0 spiro atoms. The smallest absolute Gasteiger partial charge is 0.320 e. The van der Waals surface area contributed by atoms with Gasteiger partial charge in [0.25, 0.3) is 40.9 Å². The van der Waals surface area contributed by atoms with Crippen LogP contribution < -0.4 is 16.6 Å². The molecular formula is C62H66Cl2F2N12O11. The number of nitro groups is 2. The fourth-order valence-corrected chi connectivity index (χ4v) is 12.2. The number of non-ortho nitro benzene ring substituents is 1. The number of aromatic amines is 1. The molecule has 4 atom stereocenters. The third-order valence-electron chi connectivity index (χ3n) is 16.6. The minimum absolute atomic E-state index is 0.0584. The number of nitrogen functional groups attached to an aromatic ring is 1. The number of halogens is 4. The lowest BCUT2D eigenvalue weighted by molar-refractivity contribution is -0.394. The number of aromatic nitrogens is 2. The van der Waals surface area contributed by atoms with E-state index >= 15 is 0 Å². The van der Waals surface area contributed by atoms with Crippen molar-refractivity contribution >= 4 is 91.6 Å². The van der Waals surface area contributed by atoms with E-state index in [-0.39, 0.29) is 80.1 Å². The van der Waals surface area contributed by atoms with E-state index in [4.69, 9.17) is 34.9 Å². The number of amides is 4. The summed E-state index contributed by atoms with van der Waals surface area (Å²) in [5, 5.41) is 22.1. The predicted octanol–water partition coefficient (Wildman–Crippen LogP) is 8.94. The highest BCUT2D eigenvalue weighted by atomic mass is 35.5. The number of likely N-dealkylation sites (tertiary alicyclic amines) is 2. The Labute approximate surface area is 519 Å². The summed E-state index contributed by atoms with van der Waals surface area (Å²) in [6, 6.07) is 22.2. The van der Waals surface area contributed by atoms with Gasteiger partial charge >= 0.3 is 5.69 Å². The monoisotopic (exact) mass is 1260 g/mol. The molecule has 0 aliphatic carbocycles. The van der Waals surface area contributed by atoms with Crippen molar-refractivity contribution in [3.05, 3.63) is 179 Å². The maximum atomic E-state index is 13.7. The Balaban J connectivity index is 0.000000174. The van der Waals surface area contributed by atoms with Crippen molar-refractivity contribution in [2.24, 2.45) is 5.90 Å². The Morgan fingerprint density at radius 2 is 1.06 bits per heavy atom. The number of nitro benzene ring substituents is 2. The first kappa shape index (κ1) is 64.6. The van der Waals surface area contributed by atoms with Gasteiger partial charge in [-0.05, 0) is 119 Å². The fraction of sp³-hybridized carbons (Fsp3) is 0.355. The quantitative estimate of drug-likeness (QED) is 0.0319. The van der Waals surface area contributed by atoms with E-state index in [0.717, 1.165) is 55.0 Å². The van der Waals surface area contributed by atoms with Crippen molar-refractivity contribution in [1.29, 1.82) is 0 Å². The SMILES string of the molecule is C[C@@H]1CN(Cc2ccc(F)cc2)[C@@H](C)CN1C(=O)c1cc2c(C(=O)C(=O)N3CCCC3)c[nH]c2cc1Cl.C[C@@H]1CN(Cc2ccc(F)cc2)[C@@H](C)CN1C(=O)c1cc2c(C(=O)C(=O)N3CCCC3)cn(N)c2cc1Cl.NOc1ccc([N+](=O)[O-])cc1[N+](=O)[O-]. The number of piperazine rings is 2. The molecule has 4 saturated heterocycles. The Morgan fingerprint density at radius 1 is 0.596 bits per heavy atom. The zero-order valence-corrected chi connectivity index (χ0v) is 50.7. The largest absolute Gasteiger partial charge is 0.404 e. The van der Waals surface area contributed by atoms with Crippen LogP contribution in [-0.2, 0) is 22.7 Å². The molecule has 89 heavy (non-hydrogen) atoms. The standard InChI is InChI=1S/C28H31ClFN5O3.C28H30ClFN4O3.C6H5N3O5/c1-17-14-34(18(2)13-33(17)15-19-5-7-20(30)8-6-19)27(37)22-11-21-23(16-35(31)25(21)12-24(22)29)26(36)28(38)32-9-3-4-10-32;1-17-15-34(18(2)14-33(17)16-19-5-7-20(30)8-6-19)27(36)22-11-21-23(13-31-25(21)12-24(22)29)26(35)28(37)32-9-3-4-10-32;7-14-6-2-1-4(8(10)11)3-5(6)9(12)13/h5-8,11-12,16-18H,3-4,9-10,13-15,31H2,1-2H3;5-8,11-13,17-18,31H,3-4,9-10,14-16H2,1-2H3;1-3H,7H2/t2*17-,18+;/m00./s1. The molecule has 5 aromatic carbocycles. The van der Waals surface area contributed by atoms with Gasteiger partial charge in [-0.1, -0.05) is 47.5 Å². The average molecular weight is 1260 g/mol. The Kier molecular flexibility index (Phi) is 20.1. The molecule has 0 bridgehead atoms. The molecule has 23 nitrogen and oxygen atoms in total. The van der Waals surface area contributed by atoms with Crippen LogP contribution in [0.25, 0.3) is 21.8 Å². The third-order valence-corrected chi connectivity index (χ3v) is 17.3. The summed E-state index contributed by atoms with van der Waals surface area (Å²) in [6.07, 6.45) is 6.48. The lowest BCUT2D eigenvalue weighted by atomic mass is 10.0. The number of Topliss-reactive ketones (excluding diaryl/α,β-unsaturated/α-hetero) is 2. The number of carbonyl (C=O) groups excluding carboxylic acids is 6. The minimum atomic E-state index is -0.810. The summed E-state index contributed by atoms with van der Waals surface area (Å²) in [5.41, 5.74) is 3.14. The van der Waals surface area contributed by atoms with Gasteiger partial charge in [-0.15, -0.1) is 0 Å². The van der Waals surface area contributed by atoms with Crippen LogP contribution in [-0.4, -0.2) is 161 Å². The van der Waals surface area contributed by atoms with Crippen molar-refractivity contribution < 1.29 is 52.2 Å². The molecule has 4 amide bonds. The predicted molar refractivity (Wildman–Crippen MR) is 329 cm³/mol. The van der Waals surface area contributed by atoms with Crippen molar-refractivity contribution in [3.8, 4) is 5.75 Å². The van der Waals surface area contributed by atoms with Crippen LogP contribution in [0.3, 0.4) is 0 Å². The molecule has 5 N–H and O–H groups in total. The third kappa shape index (κ3) is 14.3. The van der Waals surface area contributed by atoms with Gasteiger partial charge in [0.1, 0.15) is 11.6 Å². The summed E-state index contributed by atoms with van der Waals surface area (Å²) in [6.45, 7) is 14.0. The molecule has 27 heteroatoms. The first-order valence-electron chi connectivity index (χ1n) is 28.9. The molecule has 4 fully saturated rings. The van der Waals surface area contributed by atoms with Gasteiger partial charge in [-0.25, -0.2) is 8.78 Å². The molecule has 2 aromatic heterocycles.